The maximum Gasteiger partial charge on any atom is 0.329 e. The van der Waals surface area contributed by atoms with Crippen molar-refractivity contribution >= 4 is 29.6 Å². The van der Waals surface area contributed by atoms with Crippen LogP contribution in [-0.4, -0.2) is 21.4 Å². The van der Waals surface area contributed by atoms with Gasteiger partial charge in [0.25, 0.3) is 5.91 Å². The zero-order valence-corrected chi connectivity index (χ0v) is 18.7. The van der Waals surface area contributed by atoms with Crippen LogP contribution in [0.15, 0.2) is 54.2 Å². The number of hydrogen-bond donors (Lipinski definition) is 1. The van der Waals surface area contributed by atoms with Crippen molar-refractivity contribution in [2.45, 2.75) is 34.2 Å². The number of nitrogens with one attached hydrogen (secondary N) is 1. The molecule has 0 spiro atoms. The van der Waals surface area contributed by atoms with Gasteiger partial charge < -0.3 is 9.88 Å². The van der Waals surface area contributed by atoms with E-state index in [4.69, 9.17) is 11.6 Å². The zero-order valence-electron chi connectivity index (χ0n) is 18.0. The first-order chi connectivity index (χ1) is 14.7. The third-order valence-corrected chi connectivity index (χ3v) is 5.84. The van der Waals surface area contributed by atoms with Gasteiger partial charge >= 0.3 is 6.03 Å². The molecule has 1 N–H and O–H groups in total. The number of amides is 3. The molecule has 1 saturated heterocycles. The van der Waals surface area contributed by atoms with E-state index in [1.165, 1.54) is 4.90 Å². The van der Waals surface area contributed by atoms with Gasteiger partial charge in [0.2, 0.25) is 0 Å². The van der Waals surface area contributed by atoms with E-state index in [2.05, 4.69) is 9.88 Å². The summed E-state index contributed by atoms with van der Waals surface area (Å²) in [5, 5.41) is 3.38. The van der Waals surface area contributed by atoms with E-state index in [9.17, 15) is 9.59 Å². The SMILES string of the molecule is Cc1ccc(CN2C(=O)N/C(=C/c3cc(C)n(-c4cc(Cl)ccc4C)c3C)C2=O)cc1. The summed E-state index contributed by atoms with van der Waals surface area (Å²) in [6, 6.07) is 15.2. The van der Waals surface area contributed by atoms with Crippen LogP contribution < -0.4 is 5.32 Å². The van der Waals surface area contributed by atoms with E-state index in [-0.39, 0.29) is 18.1 Å². The summed E-state index contributed by atoms with van der Waals surface area (Å²) in [5.41, 5.74) is 7.27. The van der Waals surface area contributed by atoms with E-state index >= 15 is 0 Å². The van der Waals surface area contributed by atoms with Gasteiger partial charge in [-0.25, -0.2) is 4.79 Å². The van der Waals surface area contributed by atoms with E-state index in [0.29, 0.717) is 5.02 Å². The summed E-state index contributed by atoms with van der Waals surface area (Å²) >= 11 is 6.22. The van der Waals surface area contributed by atoms with Crippen LogP contribution in [0.4, 0.5) is 4.79 Å². The molecule has 2 aromatic carbocycles. The fourth-order valence-electron chi connectivity index (χ4n) is 3.87. The molecule has 1 aromatic heterocycles. The van der Waals surface area contributed by atoms with Gasteiger partial charge in [0.15, 0.2) is 0 Å². The van der Waals surface area contributed by atoms with Crippen LogP contribution in [0.25, 0.3) is 11.8 Å². The average molecular weight is 434 g/mol. The minimum absolute atomic E-state index is 0.239. The summed E-state index contributed by atoms with van der Waals surface area (Å²) in [6.07, 6.45) is 1.74. The summed E-state index contributed by atoms with van der Waals surface area (Å²) in [7, 11) is 0. The largest absolute Gasteiger partial charge is 0.329 e. The monoisotopic (exact) mass is 433 g/mol. The molecule has 0 bridgehead atoms. The van der Waals surface area contributed by atoms with Gasteiger partial charge in [-0.05, 0) is 68.7 Å². The first kappa shape index (κ1) is 20.9. The number of rotatable bonds is 4. The number of halogens is 1. The van der Waals surface area contributed by atoms with Gasteiger partial charge in [-0.1, -0.05) is 47.5 Å². The maximum absolute atomic E-state index is 12.9. The zero-order chi connectivity index (χ0) is 22.3. The number of carbonyl (C=O) groups excluding carboxylic acids is 2. The lowest BCUT2D eigenvalue weighted by Gasteiger charge is -2.13. The number of aromatic nitrogens is 1. The molecule has 0 aliphatic carbocycles. The van der Waals surface area contributed by atoms with E-state index in [1.54, 1.807) is 6.08 Å². The van der Waals surface area contributed by atoms with Crippen molar-refractivity contribution in [3.8, 4) is 5.69 Å². The molecule has 4 rings (SSSR count). The van der Waals surface area contributed by atoms with Gasteiger partial charge in [-0.2, -0.15) is 0 Å². The Balaban J connectivity index is 1.65. The Morgan fingerprint density at radius 2 is 1.68 bits per heavy atom. The highest BCUT2D eigenvalue weighted by molar-refractivity contribution is 6.30. The third kappa shape index (κ3) is 4.01. The Labute approximate surface area is 186 Å². The summed E-state index contributed by atoms with van der Waals surface area (Å²) in [5.74, 6) is -0.325. The highest BCUT2D eigenvalue weighted by Gasteiger charge is 2.33. The predicted molar refractivity (Wildman–Crippen MR) is 123 cm³/mol. The highest BCUT2D eigenvalue weighted by atomic mass is 35.5. The lowest BCUT2D eigenvalue weighted by atomic mass is 10.1. The molecule has 0 saturated carbocycles. The van der Waals surface area contributed by atoms with Crippen LogP contribution in [0, 0.1) is 27.7 Å². The summed E-state index contributed by atoms with van der Waals surface area (Å²) < 4.78 is 2.11. The van der Waals surface area contributed by atoms with E-state index in [1.807, 2.05) is 76.2 Å². The van der Waals surface area contributed by atoms with Crippen molar-refractivity contribution in [1.29, 1.82) is 0 Å². The number of hydrogen-bond acceptors (Lipinski definition) is 2. The van der Waals surface area contributed by atoms with Gasteiger partial charge in [0, 0.05) is 22.1 Å². The fourth-order valence-corrected chi connectivity index (χ4v) is 4.04. The third-order valence-electron chi connectivity index (χ3n) is 5.61. The minimum atomic E-state index is -0.406. The van der Waals surface area contributed by atoms with Crippen molar-refractivity contribution < 1.29 is 9.59 Å². The number of urea groups is 1. The Morgan fingerprint density at radius 3 is 2.39 bits per heavy atom. The Hall–Kier alpha value is -3.31. The molecule has 3 aromatic rings. The number of imide groups is 1. The lowest BCUT2D eigenvalue weighted by Crippen LogP contribution is -2.30. The van der Waals surface area contributed by atoms with Crippen LogP contribution in [0.5, 0.6) is 0 Å². The molecule has 0 radical (unpaired) electrons. The normalized spacial score (nSPS) is 15.1. The van der Waals surface area contributed by atoms with Crippen molar-refractivity contribution in [3.05, 3.63) is 92.9 Å². The standard InChI is InChI=1S/C25H24ClN3O2/c1-15-5-8-19(9-6-15)14-28-24(30)22(27-25(28)31)12-20-11-17(3)29(18(20)4)23-13-21(26)10-7-16(23)2/h5-13H,14H2,1-4H3,(H,27,31)/b22-12+. The van der Waals surface area contributed by atoms with Crippen LogP contribution in [-0.2, 0) is 11.3 Å². The molecule has 5 nitrogen and oxygen atoms in total. The Morgan fingerprint density at radius 1 is 0.968 bits per heavy atom. The minimum Gasteiger partial charge on any atom is -0.318 e. The Bertz CT molecular complexity index is 1220. The molecule has 0 unspecified atom stereocenters. The molecule has 158 valence electrons. The van der Waals surface area contributed by atoms with Crippen LogP contribution in [0.3, 0.4) is 0 Å². The lowest BCUT2D eigenvalue weighted by molar-refractivity contribution is -0.123. The molecule has 31 heavy (non-hydrogen) atoms. The topological polar surface area (TPSA) is 54.3 Å². The van der Waals surface area contributed by atoms with Gasteiger partial charge in [0.05, 0.1) is 6.54 Å². The number of aryl methyl sites for hydroxylation is 3. The second kappa shape index (κ2) is 8.08. The van der Waals surface area contributed by atoms with Crippen LogP contribution in [0.1, 0.15) is 33.6 Å². The number of nitrogens with zero attached hydrogens (tertiary/aromatic N) is 2. The molecule has 6 heteroatoms. The van der Waals surface area contributed by atoms with Gasteiger partial charge in [-0.3, -0.25) is 9.69 Å². The predicted octanol–water partition coefficient (Wildman–Crippen LogP) is 5.46. The molecule has 1 fully saturated rings. The fraction of sp³-hybridized carbons (Fsp3) is 0.200. The molecule has 0 atom stereocenters. The summed E-state index contributed by atoms with van der Waals surface area (Å²) in [6.45, 7) is 8.27. The van der Waals surface area contributed by atoms with Crippen molar-refractivity contribution in [2.24, 2.45) is 0 Å². The van der Waals surface area contributed by atoms with Gasteiger partial charge in [-0.15, -0.1) is 0 Å². The number of carbonyl (C=O) groups is 2. The maximum atomic E-state index is 12.9. The smallest absolute Gasteiger partial charge is 0.318 e. The van der Waals surface area contributed by atoms with Crippen molar-refractivity contribution in [3.63, 3.8) is 0 Å². The van der Waals surface area contributed by atoms with Gasteiger partial charge in [0.1, 0.15) is 5.70 Å². The molecule has 3 amide bonds. The first-order valence-corrected chi connectivity index (χ1v) is 10.5. The molecule has 1 aliphatic heterocycles. The number of benzene rings is 2. The summed E-state index contributed by atoms with van der Waals surface area (Å²) in [4.78, 5) is 26.6. The first-order valence-electron chi connectivity index (χ1n) is 10.1. The van der Waals surface area contributed by atoms with Crippen molar-refractivity contribution in [1.82, 2.24) is 14.8 Å². The molecule has 1 aliphatic rings. The highest BCUT2D eigenvalue weighted by Crippen LogP contribution is 2.27. The van der Waals surface area contributed by atoms with Crippen molar-refractivity contribution in [2.75, 3.05) is 0 Å². The average Bonchev–Trinajstić information content (AvgIpc) is 3.15. The molecular formula is C25H24ClN3O2. The Kier molecular flexibility index (Phi) is 5.46. The molecule has 2 heterocycles. The quantitative estimate of drug-likeness (QED) is 0.439. The van der Waals surface area contributed by atoms with E-state index < -0.39 is 6.03 Å². The van der Waals surface area contributed by atoms with E-state index in [0.717, 1.165) is 39.3 Å². The second-order valence-electron chi connectivity index (χ2n) is 7.96. The molecular weight excluding hydrogens is 410 g/mol. The second-order valence-corrected chi connectivity index (χ2v) is 8.39. The van der Waals surface area contributed by atoms with Crippen LogP contribution >= 0.6 is 11.6 Å². The van der Waals surface area contributed by atoms with Crippen LogP contribution in [0.2, 0.25) is 5.02 Å².